The molecule has 152 valence electrons. The van der Waals surface area contributed by atoms with Crippen molar-refractivity contribution in [2.45, 2.75) is 78.1 Å². The molecule has 0 N–H and O–H groups in total. The topological polar surface area (TPSA) is 12.9 Å². The third-order valence-electron chi connectivity index (χ3n) is 6.84. The van der Waals surface area contributed by atoms with Gasteiger partial charge in [-0.25, -0.2) is 4.98 Å². The maximum Gasteiger partial charge on any atom is 0.0709 e. The molecule has 0 amide bonds. The summed E-state index contributed by atoms with van der Waals surface area (Å²) < 4.78 is 0. The Bertz CT molecular complexity index is 1000. The summed E-state index contributed by atoms with van der Waals surface area (Å²) in [6, 6.07) is 18.2. The Labute approximate surface area is 176 Å². The van der Waals surface area contributed by atoms with E-state index in [-0.39, 0.29) is 5.41 Å². The molecule has 0 radical (unpaired) electrons. The summed E-state index contributed by atoms with van der Waals surface area (Å²) in [7, 11) is 0. The van der Waals surface area contributed by atoms with Crippen LogP contribution in [0.5, 0.6) is 0 Å². The minimum Gasteiger partial charge on any atom is -0.248 e. The van der Waals surface area contributed by atoms with E-state index in [1.807, 2.05) is 0 Å². The van der Waals surface area contributed by atoms with E-state index in [9.17, 15) is 0 Å². The molecule has 1 aliphatic rings. The Morgan fingerprint density at radius 1 is 0.897 bits per heavy atom. The summed E-state index contributed by atoms with van der Waals surface area (Å²) in [5, 5.41) is 1.26. The molecule has 0 spiro atoms. The lowest BCUT2D eigenvalue weighted by Gasteiger charge is -2.28. The second-order valence-corrected chi connectivity index (χ2v) is 10.2. The first-order chi connectivity index (χ1) is 13.8. The Balaban J connectivity index is 1.66. The number of rotatable bonds is 3. The molecule has 1 atom stereocenters. The second-order valence-electron chi connectivity index (χ2n) is 10.2. The summed E-state index contributed by atoms with van der Waals surface area (Å²) in [6.45, 7) is 11.4. The molecule has 3 aromatic rings. The van der Waals surface area contributed by atoms with Crippen molar-refractivity contribution in [1.29, 1.82) is 0 Å². The normalized spacial score (nSPS) is 16.9. The fourth-order valence-corrected chi connectivity index (χ4v) is 4.86. The van der Waals surface area contributed by atoms with Crippen LogP contribution in [-0.2, 0) is 5.41 Å². The van der Waals surface area contributed by atoms with Crippen LogP contribution in [0.2, 0.25) is 0 Å². The maximum atomic E-state index is 5.02. The van der Waals surface area contributed by atoms with Crippen LogP contribution in [0.1, 0.15) is 82.4 Å². The van der Waals surface area contributed by atoms with Crippen molar-refractivity contribution in [2.75, 3.05) is 0 Å². The van der Waals surface area contributed by atoms with E-state index in [4.69, 9.17) is 4.98 Å². The summed E-state index contributed by atoms with van der Waals surface area (Å²) in [5.41, 5.74) is 7.67. The average Bonchev–Trinajstić information content (AvgIpc) is 2.72. The Morgan fingerprint density at radius 3 is 2.38 bits per heavy atom. The van der Waals surface area contributed by atoms with Crippen LogP contribution in [0.4, 0.5) is 0 Å². The van der Waals surface area contributed by atoms with Gasteiger partial charge in [0.2, 0.25) is 0 Å². The van der Waals surface area contributed by atoms with Crippen LogP contribution in [0.3, 0.4) is 0 Å². The van der Waals surface area contributed by atoms with Gasteiger partial charge in [0.25, 0.3) is 0 Å². The molecule has 0 bridgehead atoms. The first-order valence-electron chi connectivity index (χ1n) is 11.3. The van der Waals surface area contributed by atoms with Crippen LogP contribution in [0, 0.1) is 12.8 Å². The fraction of sp³-hybridized carbons (Fsp3) is 0.464. The van der Waals surface area contributed by atoms with Gasteiger partial charge in [-0.3, -0.25) is 0 Å². The molecular formula is C28H35N. The Morgan fingerprint density at radius 2 is 1.66 bits per heavy atom. The lowest BCUT2D eigenvalue weighted by molar-refractivity contribution is 0.316. The molecule has 1 heteroatoms. The highest BCUT2D eigenvalue weighted by atomic mass is 14.7. The maximum absolute atomic E-state index is 5.02. The highest BCUT2D eigenvalue weighted by Crippen LogP contribution is 2.37. The molecule has 1 fully saturated rings. The van der Waals surface area contributed by atoms with Gasteiger partial charge < -0.3 is 0 Å². The smallest absolute Gasteiger partial charge is 0.0709 e. The van der Waals surface area contributed by atoms with Crippen molar-refractivity contribution in [2.24, 2.45) is 5.92 Å². The van der Waals surface area contributed by atoms with E-state index in [1.165, 1.54) is 59.7 Å². The van der Waals surface area contributed by atoms with Gasteiger partial charge in [0, 0.05) is 10.9 Å². The van der Waals surface area contributed by atoms with E-state index < -0.39 is 0 Å². The molecule has 1 unspecified atom stereocenters. The lowest BCUT2D eigenvalue weighted by Crippen LogP contribution is -2.13. The first-order valence-corrected chi connectivity index (χ1v) is 11.3. The number of pyridine rings is 1. The van der Waals surface area contributed by atoms with Crippen LogP contribution < -0.4 is 0 Å². The van der Waals surface area contributed by atoms with Crippen LogP contribution in [-0.4, -0.2) is 4.98 Å². The summed E-state index contributed by atoms with van der Waals surface area (Å²) >= 11 is 0. The van der Waals surface area contributed by atoms with Crippen molar-refractivity contribution < 1.29 is 0 Å². The number of hydrogen-bond acceptors (Lipinski definition) is 1. The van der Waals surface area contributed by atoms with Crippen molar-refractivity contribution in [3.8, 4) is 11.3 Å². The molecule has 2 aromatic carbocycles. The largest absolute Gasteiger partial charge is 0.248 e. The fourth-order valence-electron chi connectivity index (χ4n) is 4.86. The molecule has 0 saturated heterocycles. The molecule has 1 saturated carbocycles. The van der Waals surface area contributed by atoms with Crippen molar-refractivity contribution in [3.05, 3.63) is 65.2 Å². The Hall–Kier alpha value is -2.15. The number of nitrogens with zero attached hydrogens (tertiary/aromatic N) is 1. The highest BCUT2D eigenvalue weighted by Gasteiger charge is 2.21. The van der Waals surface area contributed by atoms with Gasteiger partial charge in [-0.2, -0.15) is 0 Å². The van der Waals surface area contributed by atoms with Crippen LogP contribution in [0.25, 0.3) is 22.2 Å². The molecule has 1 aromatic heterocycles. The van der Waals surface area contributed by atoms with Gasteiger partial charge in [0.1, 0.15) is 0 Å². The number of aryl methyl sites for hydroxylation is 1. The summed E-state index contributed by atoms with van der Waals surface area (Å²) in [5.74, 6) is 1.49. The number of benzene rings is 2. The number of hydrogen-bond donors (Lipinski definition) is 0. The minimum atomic E-state index is 0.141. The van der Waals surface area contributed by atoms with Crippen LogP contribution >= 0.6 is 0 Å². The van der Waals surface area contributed by atoms with E-state index in [2.05, 4.69) is 83.1 Å². The molecule has 29 heavy (non-hydrogen) atoms. The van der Waals surface area contributed by atoms with Crippen molar-refractivity contribution >= 4 is 10.9 Å². The molecule has 1 heterocycles. The predicted molar refractivity (Wildman–Crippen MR) is 126 cm³/mol. The van der Waals surface area contributed by atoms with Crippen molar-refractivity contribution in [1.82, 2.24) is 4.98 Å². The van der Waals surface area contributed by atoms with Gasteiger partial charge in [-0.05, 0) is 78.5 Å². The second kappa shape index (κ2) is 7.94. The van der Waals surface area contributed by atoms with Crippen molar-refractivity contribution in [3.63, 3.8) is 0 Å². The van der Waals surface area contributed by atoms with Crippen LogP contribution in [0.15, 0.2) is 48.5 Å². The lowest BCUT2D eigenvalue weighted by atomic mass is 9.77. The number of aromatic nitrogens is 1. The molecule has 0 aliphatic heterocycles. The zero-order chi connectivity index (χ0) is 20.6. The van der Waals surface area contributed by atoms with E-state index in [0.29, 0.717) is 5.92 Å². The van der Waals surface area contributed by atoms with Gasteiger partial charge in [-0.15, -0.1) is 0 Å². The third-order valence-corrected chi connectivity index (χ3v) is 6.84. The summed E-state index contributed by atoms with van der Waals surface area (Å²) in [4.78, 5) is 5.02. The van der Waals surface area contributed by atoms with E-state index in [0.717, 1.165) is 17.1 Å². The van der Waals surface area contributed by atoms with E-state index in [1.54, 1.807) is 0 Å². The SMILES string of the molecule is Cc1cc(-c2ccc3cc(C(C)C4CCCCC4)ccc3n2)cc(C(C)(C)C)c1. The monoisotopic (exact) mass is 385 g/mol. The van der Waals surface area contributed by atoms with E-state index >= 15 is 0 Å². The van der Waals surface area contributed by atoms with Gasteiger partial charge in [0.05, 0.1) is 11.2 Å². The molecule has 4 rings (SSSR count). The number of fused-ring (bicyclic) bond motifs is 1. The molecule has 1 aliphatic carbocycles. The first kappa shape index (κ1) is 20.1. The molecular weight excluding hydrogens is 350 g/mol. The zero-order valence-electron chi connectivity index (χ0n) is 18.8. The quantitative estimate of drug-likeness (QED) is 0.443. The predicted octanol–water partition coefficient (Wildman–Crippen LogP) is 8.19. The highest BCUT2D eigenvalue weighted by molar-refractivity contribution is 5.82. The minimum absolute atomic E-state index is 0.141. The Kier molecular flexibility index (Phi) is 5.51. The molecule has 1 nitrogen and oxygen atoms in total. The average molecular weight is 386 g/mol. The van der Waals surface area contributed by atoms with Gasteiger partial charge in [-0.1, -0.05) is 70.7 Å². The standard InChI is InChI=1S/C28H35N/c1-19-15-24(18-25(16-19)28(3,4)5)27-14-12-23-17-22(11-13-26(23)29-27)20(2)21-9-7-6-8-10-21/h11-18,20-21H,6-10H2,1-5H3. The summed E-state index contributed by atoms with van der Waals surface area (Å²) in [6.07, 6.45) is 7.00. The van der Waals surface area contributed by atoms with Gasteiger partial charge in [0.15, 0.2) is 0 Å². The zero-order valence-corrected chi connectivity index (χ0v) is 18.8. The third kappa shape index (κ3) is 4.39. The van der Waals surface area contributed by atoms with Gasteiger partial charge >= 0.3 is 0 Å².